The molecular weight excluding hydrogens is 893 g/mol. The van der Waals surface area contributed by atoms with Crippen LogP contribution in [0.1, 0.15) is 0 Å². The van der Waals surface area contributed by atoms with Crippen molar-refractivity contribution in [3.8, 4) is 89.3 Å². The van der Waals surface area contributed by atoms with Gasteiger partial charge in [0.1, 0.15) is 0 Å². The monoisotopic (exact) mass is 940 g/mol. The zero-order valence-electron chi connectivity index (χ0n) is 40.6. The molecule has 0 aliphatic heterocycles. The van der Waals surface area contributed by atoms with Crippen LogP contribution >= 0.6 is 0 Å². The molecule has 0 spiro atoms. The second-order valence-corrected chi connectivity index (χ2v) is 19.3. The fourth-order valence-corrected chi connectivity index (χ4v) is 11.2. The van der Waals surface area contributed by atoms with Crippen LogP contribution in [0.2, 0.25) is 0 Å². The Kier molecular flexibility index (Phi) is 10.6. The summed E-state index contributed by atoms with van der Waals surface area (Å²) in [6.45, 7) is 0. The summed E-state index contributed by atoms with van der Waals surface area (Å²) >= 11 is 0. The summed E-state index contributed by atoms with van der Waals surface area (Å²) in [7, 11) is 0. The number of hydrogen-bond acceptors (Lipinski definition) is 0. The molecule has 0 unspecified atom stereocenters. The molecule has 0 radical (unpaired) electrons. The molecule has 0 amide bonds. The molecule has 0 saturated heterocycles. The van der Waals surface area contributed by atoms with Gasteiger partial charge in [-0.2, -0.15) is 0 Å². The van der Waals surface area contributed by atoms with Gasteiger partial charge >= 0.3 is 0 Å². The summed E-state index contributed by atoms with van der Waals surface area (Å²) in [4.78, 5) is 0. The highest BCUT2D eigenvalue weighted by Gasteiger charge is 2.18. The summed E-state index contributed by atoms with van der Waals surface area (Å²) < 4.78 is 4.85. The zero-order chi connectivity index (χ0) is 49.0. The van der Waals surface area contributed by atoms with E-state index in [0.717, 1.165) is 11.4 Å². The first-order valence-corrected chi connectivity index (χ1v) is 25.5. The summed E-state index contributed by atoms with van der Waals surface area (Å²) in [6.07, 6.45) is 0. The fraction of sp³-hybridized carbons (Fsp3) is 0. The predicted molar refractivity (Wildman–Crippen MR) is 313 cm³/mol. The Hall–Kier alpha value is -9.76. The van der Waals surface area contributed by atoms with Gasteiger partial charge in [0.15, 0.2) is 0 Å². The molecule has 2 aromatic heterocycles. The maximum Gasteiger partial charge on any atom is 0.0541 e. The van der Waals surface area contributed by atoms with Gasteiger partial charge in [-0.3, -0.25) is 0 Å². The second-order valence-electron chi connectivity index (χ2n) is 19.3. The van der Waals surface area contributed by atoms with Crippen LogP contribution in [-0.2, 0) is 0 Å². The average molecular weight is 941 g/mol. The van der Waals surface area contributed by atoms with Crippen molar-refractivity contribution in [1.29, 1.82) is 0 Å². The minimum atomic E-state index is 1.14. The van der Waals surface area contributed by atoms with Crippen LogP contribution in [0.15, 0.2) is 291 Å². The Bertz CT molecular complexity index is 4310. The van der Waals surface area contributed by atoms with Crippen LogP contribution in [-0.4, -0.2) is 9.13 Å². The third kappa shape index (κ3) is 7.69. The predicted octanol–water partition coefficient (Wildman–Crippen LogP) is 19.5. The van der Waals surface area contributed by atoms with Crippen molar-refractivity contribution in [3.05, 3.63) is 291 Å². The number of benzene rings is 12. The highest BCUT2D eigenvalue weighted by molar-refractivity contribution is 6.13. The van der Waals surface area contributed by atoms with E-state index in [1.165, 1.54) is 122 Å². The molecule has 74 heavy (non-hydrogen) atoms. The Morgan fingerprint density at radius 2 is 0.432 bits per heavy atom. The smallest absolute Gasteiger partial charge is 0.0541 e. The van der Waals surface area contributed by atoms with Crippen LogP contribution in [0.3, 0.4) is 0 Å². The molecule has 2 heterocycles. The maximum absolute atomic E-state index is 2.44. The van der Waals surface area contributed by atoms with Gasteiger partial charge in [0, 0.05) is 32.9 Å². The number of hydrogen-bond donors (Lipinski definition) is 0. The average Bonchev–Trinajstić information content (AvgIpc) is 4.00. The van der Waals surface area contributed by atoms with Gasteiger partial charge in [0.2, 0.25) is 0 Å². The summed E-state index contributed by atoms with van der Waals surface area (Å²) in [6, 6.07) is 106. The minimum absolute atomic E-state index is 1.14. The van der Waals surface area contributed by atoms with E-state index >= 15 is 0 Å². The van der Waals surface area contributed by atoms with Crippen LogP contribution in [0, 0.1) is 0 Å². The number of aromatic nitrogens is 2. The molecule has 0 aliphatic carbocycles. The normalized spacial score (nSPS) is 11.5. The van der Waals surface area contributed by atoms with E-state index in [0.29, 0.717) is 0 Å². The van der Waals surface area contributed by atoms with E-state index in [1.807, 2.05) is 0 Å². The molecule has 0 N–H and O–H groups in total. The molecule has 14 rings (SSSR count). The molecular formula is C72H48N2. The van der Waals surface area contributed by atoms with Crippen molar-refractivity contribution < 1.29 is 0 Å². The molecule has 14 aromatic rings. The number of para-hydroxylation sites is 2. The Morgan fingerprint density at radius 1 is 0.149 bits per heavy atom. The van der Waals surface area contributed by atoms with Gasteiger partial charge in [-0.1, -0.05) is 212 Å². The van der Waals surface area contributed by atoms with Gasteiger partial charge in [-0.15, -0.1) is 0 Å². The van der Waals surface area contributed by atoms with E-state index in [9.17, 15) is 0 Å². The van der Waals surface area contributed by atoms with E-state index in [1.54, 1.807) is 0 Å². The topological polar surface area (TPSA) is 9.86 Å². The molecule has 0 fully saturated rings. The van der Waals surface area contributed by atoms with Crippen LogP contribution in [0.25, 0.3) is 133 Å². The van der Waals surface area contributed by atoms with E-state index in [2.05, 4.69) is 300 Å². The zero-order valence-corrected chi connectivity index (χ0v) is 40.6. The number of rotatable bonds is 9. The first kappa shape index (κ1) is 43.1. The number of fused-ring (bicyclic) bond motifs is 6. The van der Waals surface area contributed by atoms with Gasteiger partial charge < -0.3 is 9.13 Å². The lowest BCUT2D eigenvalue weighted by Gasteiger charge is -2.14. The molecule has 2 nitrogen and oxygen atoms in total. The first-order chi connectivity index (χ1) is 36.7. The van der Waals surface area contributed by atoms with Gasteiger partial charge in [0.05, 0.1) is 22.1 Å². The van der Waals surface area contributed by atoms with E-state index in [-0.39, 0.29) is 0 Å². The largest absolute Gasteiger partial charge is 0.309 e. The van der Waals surface area contributed by atoms with E-state index < -0.39 is 0 Å². The fourth-order valence-electron chi connectivity index (χ4n) is 11.2. The van der Waals surface area contributed by atoms with Crippen LogP contribution in [0.5, 0.6) is 0 Å². The third-order valence-corrected chi connectivity index (χ3v) is 14.9. The molecule has 0 aliphatic rings. The number of nitrogens with zero attached hydrogens (tertiary/aromatic N) is 2. The SMILES string of the molecule is c1ccc(-c2cccc(-c3cccc(-c4ccc(-c5ccc(-n6c7ccccc7c7cc(-c8ccc9c(c8)c8ccccc8n9-c8cc(-c9ccccc9)cc(-c9ccccc9)c8)ccc76)cc5)cc4)c3)c2)cc1. The Morgan fingerprint density at radius 3 is 0.892 bits per heavy atom. The molecule has 12 aromatic carbocycles. The van der Waals surface area contributed by atoms with Gasteiger partial charge in [-0.05, 0) is 157 Å². The summed E-state index contributed by atoms with van der Waals surface area (Å²) in [5.41, 5.74) is 23.9. The standard InChI is InChI=1S/C72H48N2/c1-4-16-49(17-5-1)55-22-14-24-57(42-55)58-25-15-23-56(43-58)54-32-30-52(31-33-54)53-34-38-63(39-35-53)73-69-28-12-10-26-65(69)67-47-59(36-40-71(67)73)60-37-41-72-68(48-60)66-27-11-13-29-70(66)74(72)64-45-61(50-18-6-2-7-19-50)44-62(46-64)51-20-8-3-9-21-51/h1-48H. The van der Waals surface area contributed by atoms with Crippen LogP contribution in [0.4, 0.5) is 0 Å². The van der Waals surface area contributed by atoms with Gasteiger partial charge in [-0.25, -0.2) is 0 Å². The Labute approximate surface area is 431 Å². The summed E-state index contributed by atoms with van der Waals surface area (Å²) in [5.74, 6) is 0. The quantitative estimate of drug-likeness (QED) is 0.136. The third-order valence-electron chi connectivity index (χ3n) is 14.9. The van der Waals surface area contributed by atoms with E-state index in [4.69, 9.17) is 0 Å². The summed E-state index contributed by atoms with van der Waals surface area (Å²) in [5, 5.41) is 4.94. The van der Waals surface area contributed by atoms with Gasteiger partial charge in [0.25, 0.3) is 0 Å². The molecule has 0 saturated carbocycles. The highest BCUT2D eigenvalue weighted by Crippen LogP contribution is 2.41. The van der Waals surface area contributed by atoms with Crippen molar-refractivity contribution in [3.63, 3.8) is 0 Å². The lowest BCUT2D eigenvalue weighted by molar-refractivity contribution is 1.18. The van der Waals surface area contributed by atoms with Crippen LogP contribution < -0.4 is 0 Å². The van der Waals surface area contributed by atoms with Crippen molar-refractivity contribution >= 4 is 43.6 Å². The van der Waals surface area contributed by atoms with Crippen molar-refractivity contribution in [1.82, 2.24) is 9.13 Å². The molecule has 0 bridgehead atoms. The highest BCUT2D eigenvalue weighted by atomic mass is 15.0. The molecule has 0 atom stereocenters. The maximum atomic E-state index is 2.44. The molecule has 2 heteroatoms. The molecule has 346 valence electrons. The lowest BCUT2D eigenvalue weighted by atomic mass is 9.95. The van der Waals surface area contributed by atoms with Crippen molar-refractivity contribution in [2.75, 3.05) is 0 Å². The van der Waals surface area contributed by atoms with Crippen molar-refractivity contribution in [2.24, 2.45) is 0 Å². The van der Waals surface area contributed by atoms with Crippen molar-refractivity contribution in [2.45, 2.75) is 0 Å². The first-order valence-electron chi connectivity index (χ1n) is 25.5. The Balaban J connectivity index is 0.783. The minimum Gasteiger partial charge on any atom is -0.309 e. The second kappa shape index (κ2) is 18.1. The lowest BCUT2D eigenvalue weighted by Crippen LogP contribution is -1.96.